The maximum absolute atomic E-state index is 12.4. The molecule has 124 valence electrons. The van der Waals surface area contributed by atoms with Gasteiger partial charge in [-0.05, 0) is 25.8 Å². The number of carbonyl (C=O) groups excluding carboxylic acids is 1. The number of ether oxygens (including phenoxy) is 1. The van der Waals surface area contributed by atoms with Crippen LogP contribution in [0.4, 0.5) is 4.79 Å². The summed E-state index contributed by atoms with van der Waals surface area (Å²) in [7, 11) is 1.71. The van der Waals surface area contributed by atoms with Crippen LogP contribution < -0.4 is 5.32 Å². The van der Waals surface area contributed by atoms with Crippen LogP contribution in [0.25, 0.3) is 11.0 Å². The van der Waals surface area contributed by atoms with Gasteiger partial charge in [0, 0.05) is 37.1 Å². The Kier molecular flexibility index (Phi) is 4.86. The van der Waals surface area contributed by atoms with Gasteiger partial charge >= 0.3 is 6.03 Å². The third-order valence-corrected chi connectivity index (χ3v) is 4.55. The van der Waals surface area contributed by atoms with E-state index in [1.54, 1.807) is 7.11 Å². The van der Waals surface area contributed by atoms with Gasteiger partial charge in [0.2, 0.25) is 0 Å². The summed E-state index contributed by atoms with van der Waals surface area (Å²) in [5.41, 5.74) is 1.96. The summed E-state index contributed by atoms with van der Waals surface area (Å²) in [6, 6.07) is 7.92. The number of nitrogens with zero attached hydrogens (tertiary/aromatic N) is 1. The Labute approximate surface area is 136 Å². The van der Waals surface area contributed by atoms with Crippen molar-refractivity contribution < 1.29 is 13.9 Å². The lowest BCUT2D eigenvalue weighted by Crippen LogP contribution is -2.46. The molecule has 1 unspecified atom stereocenters. The molecule has 1 aliphatic heterocycles. The average Bonchev–Trinajstić information content (AvgIpc) is 2.90. The number of furan rings is 1. The first-order chi connectivity index (χ1) is 11.2. The van der Waals surface area contributed by atoms with Crippen LogP contribution in [0.5, 0.6) is 0 Å². The summed E-state index contributed by atoms with van der Waals surface area (Å²) < 4.78 is 11.1. The number of likely N-dealkylation sites (tertiary alicyclic amines) is 1. The van der Waals surface area contributed by atoms with E-state index in [0.29, 0.717) is 19.1 Å². The molecule has 0 bridgehead atoms. The van der Waals surface area contributed by atoms with E-state index in [0.717, 1.165) is 48.2 Å². The number of hydrogen-bond donors (Lipinski definition) is 1. The molecule has 1 aromatic carbocycles. The topological polar surface area (TPSA) is 54.7 Å². The molecular weight excluding hydrogens is 292 g/mol. The highest BCUT2D eigenvalue weighted by molar-refractivity contribution is 5.82. The van der Waals surface area contributed by atoms with Gasteiger partial charge in [0.25, 0.3) is 0 Å². The summed E-state index contributed by atoms with van der Waals surface area (Å²) in [6.45, 7) is 4.74. The second kappa shape index (κ2) is 7.04. The Morgan fingerprint density at radius 3 is 3.04 bits per heavy atom. The van der Waals surface area contributed by atoms with Gasteiger partial charge in [0.15, 0.2) is 0 Å². The summed E-state index contributed by atoms with van der Waals surface area (Å²) in [4.78, 5) is 14.3. The predicted molar refractivity (Wildman–Crippen MR) is 89.4 cm³/mol. The zero-order valence-electron chi connectivity index (χ0n) is 13.8. The number of piperidine rings is 1. The Hall–Kier alpha value is -2.01. The molecular formula is C18H24N2O3. The van der Waals surface area contributed by atoms with E-state index >= 15 is 0 Å². The zero-order chi connectivity index (χ0) is 16.2. The van der Waals surface area contributed by atoms with Crippen LogP contribution in [0.2, 0.25) is 0 Å². The van der Waals surface area contributed by atoms with Crippen LogP contribution >= 0.6 is 0 Å². The number of aryl methyl sites for hydroxylation is 1. The molecule has 2 amide bonds. The molecule has 0 spiro atoms. The third kappa shape index (κ3) is 3.50. The van der Waals surface area contributed by atoms with Crippen molar-refractivity contribution in [3.63, 3.8) is 0 Å². The van der Waals surface area contributed by atoms with Crippen molar-refractivity contribution in [1.82, 2.24) is 10.2 Å². The van der Waals surface area contributed by atoms with E-state index in [9.17, 15) is 4.79 Å². The van der Waals surface area contributed by atoms with Crippen LogP contribution in [0.1, 0.15) is 24.2 Å². The van der Waals surface area contributed by atoms with Crippen LogP contribution in [0.3, 0.4) is 0 Å². The molecule has 5 heteroatoms. The molecule has 1 N–H and O–H groups in total. The molecule has 5 nitrogen and oxygen atoms in total. The molecule has 1 aromatic heterocycles. The minimum Gasteiger partial charge on any atom is -0.459 e. The number of rotatable bonds is 4. The van der Waals surface area contributed by atoms with Gasteiger partial charge < -0.3 is 19.4 Å². The minimum absolute atomic E-state index is 0.0225. The van der Waals surface area contributed by atoms with Crippen molar-refractivity contribution in [2.75, 3.05) is 26.8 Å². The summed E-state index contributed by atoms with van der Waals surface area (Å²) in [5, 5.41) is 4.09. The van der Waals surface area contributed by atoms with Gasteiger partial charge in [-0.2, -0.15) is 0 Å². The molecule has 1 aliphatic rings. The number of hydrogen-bond acceptors (Lipinski definition) is 3. The zero-order valence-corrected chi connectivity index (χ0v) is 13.8. The summed E-state index contributed by atoms with van der Waals surface area (Å²) >= 11 is 0. The van der Waals surface area contributed by atoms with E-state index in [1.165, 1.54) is 0 Å². The fraction of sp³-hybridized carbons (Fsp3) is 0.500. The molecule has 23 heavy (non-hydrogen) atoms. The van der Waals surface area contributed by atoms with E-state index in [1.807, 2.05) is 36.1 Å². The molecule has 0 radical (unpaired) electrons. The van der Waals surface area contributed by atoms with Gasteiger partial charge in [-0.1, -0.05) is 18.2 Å². The summed E-state index contributed by atoms with van der Waals surface area (Å²) in [5.74, 6) is 1.26. The number of amides is 2. The predicted octanol–water partition coefficient (Wildman–Crippen LogP) is 3.31. The van der Waals surface area contributed by atoms with Crippen molar-refractivity contribution in [2.24, 2.45) is 5.92 Å². The molecule has 0 aliphatic carbocycles. The van der Waals surface area contributed by atoms with Crippen LogP contribution in [-0.4, -0.2) is 37.7 Å². The molecule has 1 atom stereocenters. The van der Waals surface area contributed by atoms with Gasteiger partial charge in [0.05, 0.1) is 13.2 Å². The van der Waals surface area contributed by atoms with E-state index in [2.05, 4.69) is 5.32 Å². The average molecular weight is 316 g/mol. The lowest BCUT2D eigenvalue weighted by Gasteiger charge is -2.32. The molecule has 0 saturated carbocycles. The lowest BCUT2D eigenvalue weighted by molar-refractivity contribution is 0.100. The highest BCUT2D eigenvalue weighted by Gasteiger charge is 2.23. The Balaban J connectivity index is 1.60. The molecule has 1 saturated heterocycles. The summed E-state index contributed by atoms with van der Waals surface area (Å²) in [6.07, 6.45) is 2.16. The number of fused-ring (bicyclic) bond motifs is 1. The number of para-hydroxylation sites is 1. The van der Waals surface area contributed by atoms with E-state index < -0.39 is 0 Å². The Morgan fingerprint density at radius 1 is 1.43 bits per heavy atom. The van der Waals surface area contributed by atoms with Crippen LogP contribution in [-0.2, 0) is 11.3 Å². The largest absolute Gasteiger partial charge is 0.459 e. The van der Waals surface area contributed by atoms with Crippen LogP contribution in [0, 0.1) is 12.8 Å². The van der Waals surface area contributed by atoms with E-state index in [-0.39, 0.29) is 6.03 Å². The Bertz CT molecular complexity index is 678. The van der Waals surface area contributed by atoms with Crippen molar-refractivity contribution in [3.8, 4) is 0 Å². The monoisotopic (exact) mass is 316 g/mol. The minimum atomic E-state index is -0.0225. The number of benzene rings is 1. The first kappa shape index (κ1) is 15.9. The SMILES string of the molecule is COCC1CCCN(C(=O)NCc2oc3ccccc3c2C)C1. The quantitative estimate of drug-likeness (QED) is 0.941. The second-order valence-electron chi connectivity index (χ2n) is 6.21. The smallest absolute Gasteiger partial charge is 0.317 e. The molecule has 1 fully saturated rings. The van der Waals surface area contributed by atoms with Gasteiger partial charge in [-0.15, -0.1) is 0 Å². The molecule has 3 rings (SSSR count). The van der Waals surface area contributed by atoms with Gasteiger partial charge in [-0.25, -0.2) is 4.79 Å². The fourth-order valence-corrected chi connectivity index (χ4v) is 3.28. The first-order valence-electron chi connectivity index (χ1n) is 8.17. The highest BCUT2D eigenvalue weighted by Crippen LogP contribution is 2.24. The van der Waals surface area contributed by atoms with Crippen molar-refractivity contribution in [3.05, 3.63) is 35.6 Å². The lowest BCUT2D eigenvalue weighted by atomic mass is 9.99. The second-order valence-corrected chi connectivity index (χ2v) is 6.21. The maximum Gasteiger partial charge on any atom is 0.317 e. The number of urea groups is 1. The number of carbonyl (C=O) groups is 1. The molecule has 2 aromatic rings. The van der Waals surface area contributed by atoms with Gasteiger partial charge in [0.1, 0.15) is 11.3 Å². The van der Waals surface area contributed by atoms with Crippen molar-refractivity contribution >= 4 is 17.0 Å². The first-order valence-corrected chi connectivity index (χ1v) is 8.17. The van der Waals surface area contributed by atoms with Crippen LogP contribution in [0.15, 0.2) is 28.7 Å². The fourth-order valence-electron chi connectivity index (χ4n) is 3.28. The number of methoxy groups -OCH3 is 1. The highest BCUT2D eigenvalue weighted by atomic mass is 16.5. The van der Waals surface area contributed by atoms with Gasteiger partial charge in [-0.3, -0.25) is 0 Å². The normalized spacial score (nSPS) is 18.3. The maximum atomic E-state index is 12.4. The Morgan fingerprint density at radius 2 is 2.26 bits per heavy atom. The van der Waals surface area contributed by atoms with Crippen molar-refractivity contribution in [2.45, 2.75) is 26.3 Å². The van der Waals surface area contributed by atoms with Crippen molar-refractivity contribution in [1.29, 1.82) is 0 Å². The standard InChI is InChI=1S/C18H24N2O3/c1-13-15-7-3-4-8-16(15)23-17(13)10-19-18(21)20-9-5-6-14(11-20)12-22-2/h3-4,7-8,14H,5-6,9-12H2,1-2H3,(H,19,21). The molecule has 2 heterocycles. The number of nitrogens with one attached hydrogen (secondary N) is 1. The van der Waals surface area contributed by atoms with E-state index in [4.69, 9.17) is 9.15 Å². The third-order valence-electron chi connectivity index (χ3n) is 4.55.